The fourth-order valence-corrected chi connectivity index (χ4v) is 12.0. The Balaban J connectivity index is 1.82. The number of rotatable bonds is 4. The molecule has 6 nitrogen and oxygen atoms in total. The van der Waals surface area contributed by atoms with Crippen molar-refractivity contribution in [3.05, 3.63) is 65.7 Å². The first-order valence-electron chi connectivity index (χ1n) is 14.0. The number of fused-ring (bicyclic) bond motifs is 8. The molecule has 0 spiro atoms. The molecule has 6 unspecified atom stereocenters. The highest BCUT2D eigenvalue weighted by atomic mass is 35.5. The highest BCUT2D eigenvalue weighted by molar-refractivity contribution is 8.10. The predicted molar refractivity (Wildman–Crippen MR) is 162 cm³/mol. The molecule has 10 heteroatoms. The van der Waals surface area contributed by atoms with Gasteiger partial charge in [0.2, 0.25) is 0 Å². The van der Waals surface area contributed by atoms with Gasteiger partial charge in [-0.2, -0.15) is 5.26 Å². The Morgan fingerprint density at radius 1 is 0.976 bits per heavy atom. The van der Waals surface area contributed by atoms with Crippen molar-refractivity contribution in [2.75, 3.05) is 13.2 Å². The van der Waals surface area contributed by atoms with Crippen molar-refractivity contribution in [2.45, 2.75) is 74.8 Å². The Labute approximate surface area is 259 Å². The largest absolute Gasteiger partial charge is 0.465 e. The molecule has 0 amide bonds. The highest BCUT2D eigenvalue weighted by Crippen LogP contribution is 2.78. The second kappa shape index (κ2) is 9.71. The molecule has 0 N–H and O–H groups in total. The van der Waals surface area contributed by atoms with E-state index in [1.165, 1.54) is 0 Å². The number of allylic oxidation sites excluding steroid dienone is 4. The zero-order valence-corrected chi connectivity index (χ0v) is 26.5. The topological polar surface area (TPSA) is 80.8 Å². The molecule has 0 radical (unpaired) electrons. The van der Waals surface area contributed by atoms with Gasteiger partial charge in [0.1, 0.15) is 0 Å². The van der Waals surface area contributed by atoms with Crippen molar-refractivity contribution in [1.82, 2.24) is 0 Å². The third-order valence-electron chi connectivity index (χ3n) is 9.98. The van der Waals surface area contributed by atoms with E-state index in [4.69, 9.17) is 39.2 Å². The molecule has 2 aliphatic heterocycles. The summed E-state index contributed by atoms with van der Waals surface area (Å²) in [6, 6.07) is 2.27. The minimum absolute atomic E-state index is 0.00860. The molecule has 214 valence electrons. The van der Waals surface area contributed by atoms with Gasteiger partial charge in [-0.05, 0) is 93.4 Å². The van der Waals surface area contributed by atoms with Crippen molar-refractivity contribution in [1.29, 1.82) is 5.26 Å². The van der Waals surface area contributed by atoms with Crippen molar-refractivity contribution >= 4 is 58.7 Å². The molecule has 0 aromatic rings. The highest BCUT2D eigenvalue weighted by Gasteiger charge is 2.88. The molecule has 6 rings (SSSR count). The second-order valence-electron chi connectivity index (χ2n) is 11.5. The summed E-state index contributed by atoms with van der Waals surface area (Å²) in [5, 5.41) is 11.1. The zero-order valence-electron chi connectivity index (χ0n) is 23.4. The van der Waals surface area contributed by atoms with E-state index >= 15 is 0 Å². The van der Waals surface area contributed by atoms with Crippen LogP contribution in [0.1, 0.15) is 59.8 Å². The van der Waals surface area contributed by atoms with Crippen molar-refractivity contribution in [2.24, 2.45) is 17.3 Å². The number of nitrogens with zero attached hydrogens (tertiary/aromatic N) is 2. The summed E-state index contributed by atoms with van der Waals surface area (Å²) in [7, 11) is 0. The molecule has 0 aromatic carbocycles. The summed E-state index contributed by atoms with van der Waals surface area (Å²) in [6.45, 7) is 16.2. The molecular formula is C31H30Cl2N2O4S2. The smallest absolute Gasteiger partial charge is 0.396 e. The third kappa shape index (κ3) is 3.29. The Morgan fingerprint density at radius 2 is 1.49 bits per heavy atom. The van der Waals surface area contributed by atoms with Gasteiger partial charge in [-0.3, -0.25) is 4.85 Å². The van der Waals surface area contributed by atoms with Crippen LogP contribution in [-0.2, 0) is 19.1 Å². The molecule has 4 aliphatic carbocycles. The Hall–Kier alpha value is -2.10. The SMILES string of the molecule is [C-]#[N+]C1(C(=O)OCC)C2C3=C4C=C(Cl)SC4(C)C4(C)SC(Cl)=CC4=C3C(C2=C2CCCCC2)C1(C#N)C(=O)OCC. The van der Waals surface area contributed by atoms with Gasteiger partial charge in [-0.25, -0.2) is 16.2 Å². The lowest BCUT2D eigenvalue weighted by Gasteiger charge is -2.50. The fourth-order valence-electron chi connectivity index (χ4n) is 8.27. The van der Waals surface area contributed by atoms with E-state index in [2.05, 4.69) is 24.8 Å². The van der Waals surface area contributed by atoms with Crippen molar-refractivity contribution in [3.8, 4) is 6.07 Å². The number of carbonyl (C=O) groups excluding carboxylic acids is 2. The van der Waals surface area contributed by atoms with Gasteiger partial charge in [0.25, 0.3) is 5.41 Å². The van der Waals surface area contributed by atoms with Crippen LogP contribution in [0.25, 0.3) is 4.85 Å². The number of carbonyl (C=O) groups is 2. The van der Waals surface area contributed by atoms with Crippen LogP contribution in [0.3, 0.4) is 0 Å². The average Bonchev–Trinajstić information content (AvgIpc) is 3.63. The van der Waals surface area contributed by atoms with Gasteiger partial charge in [-0.15, -0.1) is 23.5 Å². The summed E-state index contributed by atoms with van der Waals surface area (Å²) in [6.07, 6.45) is 8.49. The van der Waals surface area contributed by atoms with Crippen LogP contribution in [-0.4, -0.2) is 40.2 Å². The molecule has 2 bridgehead atoms. The standard InChI is InChI=1S/C31H30Cl2N2O4S2/c1-6-38-26(36)30(15-34)24-21(16-11-9-8-10-12-16)25(31(30,35-5)27(37)39-7-2)23-18-14-20(33)41-29(18,4)28(3)17(22(23)24)13-19(32)40-28/h13-14,24-25H,6-12H2,1-4H3. The van der Waals surface area contributed by atoms with Crippen molar-refractivity contribution in [3.63, 3.8) is 0 Å². The minimum atomic E-state index is -2.15. The van der Waals surface area contributed by atoms with E-state index in [9.17, 15) is 14.9 Å². The van der Waals surface area contributed by atoms with Crippen LogP contribution in [0, 0.1) is 35.2 Å². The van der Waals surface area contributed by atoms with Crippen LogP contribution in [0.5, 0.6) is 0 Å². The van der Waals surface area contributed by atoms with Gasteiger partial charge in [0, 0.05) is 5.92 Å². The molecule has 0 aromatic heterocycles. The lowest BCUT2D eigenvalue weighted by atomic mass is 9.55. The van der Waals surface area contributed by atoms with Crippen molar-refractivity contribution < 1.29 is 19.1 Å². The van der Waals surface area contributed by atoms with Gasteiger partial charge < -0.3 is 9.47 Å². The number of hydrogen-bond acceptors (Lipinski definition) is 7. The molecule has 3 fully saturated rings. The first-order chi connectivity index (χ1) is 19.5. The minimum Gasteiger partial charge on any atom is -0.465 e. The summed E-state index contributed by atoms with van der Waals surface area (Å²) < 4.78 is 11.3. The summed E-state index contributed by atoms with van der Waals surface area (Å²) in [5.74, 6) is -3.40. The van der Waals surface area contributed by atoms with E-state index in [1.807, 2.05) is 12.2 Å². The first kappa shape index (κ1) is 29.0. The van der Waals surface area contributed by atoms with Crippen LogP contribution < -0.4 is 0 Å². The normalized spacial score (nSPS) is 38.5. The van der Waals surface area contributed by atoms with E-state index in [0.29, 0.717) is 8.73 Å². The van der Waals surface area contributed by atoms with E-state index < -0.39 is 44.2 Å². The molecule has 2 heterocycles. The van der Waals surface area contributed by atoms with Gasteiger partial charge >= 0.3 is 17.5 Å². The molecular weight excluding hydrogens is 599 g/mol. The Kier molecular flexibility index (Phi) is 6.87. The molecule has 0 saturated heterocycles. The monoisotopic (exact) mass is 628 g/mol. The van der Waals surface area contributed by atoms with E-state index in [1.54, 1.807) is 37.4 Å². The lowest BCUT2D eigenvalue weighted by molar-refractivity contribution is -0.166. The summed E-state index contributed by atoms with van der Waals surface area (Å²) >= 11 is 16.6. The fraction of sp³-hybridized carbons (Fsp3) is 0.548. The van der Waals surface area contributed by atoms with Crippen LogP contribution in [0.15, 0.2) is 54.3 Å². The van der Waals surface area contributed by atoms with Gasteiger partial charge in [-0.1, -0.05) is 35.2 Å². The predicted octanol–water partition coefficient (Wildman–Crippen LogP) is 7.58. The summed E-state index contributed by atoms with van der Waals surface area (Å²) in [5.41, 5.74) is 1.20. The molecule has 3 saturated carbocycles. The zero-order chi connectivity index (χ0) is 29.5. The van der Waals surface area contributed by atoms with Crippen LogP contribution in [0.4, 0.5) is 0 Å². The quantitative estimate of drug-likeness (QED) is 0.180. The number of thioether (sulfide) groups is 2. The van der Waals surface area contributed by atoms with Gasteiger partial charge in [0.15, 0.2) is 0 Å². The maximum atomic E-state index is 14.2. The number of esters is 2. The number of halogens is 2. The first-order valence-corrected chi connectivity index (χ1v) is 16.4. The Bertz CT molecular complexity index is 1440. The van der Waals surface area contributed by atoms with E-state index in [0.717, 1.165) is 65.5 Å². The summed E-state index contributed by atoms with van der Waals surface area (Å²) in [4.78, 5) is 32.4. The van der Waals surface area contributed by atoms with Crippen LogP contribution >= 0.6 is 46.7 Å². The number of hydrogen-bond donors (Lipinski definition) is 0. The lowest BCUT2D eigenvalue weighted by Crippen LogP contribution is -2.62. The number of nitriles is 1. The maximum Gasteiger partial charge on any atom is 0.396 e. The van der Waals surface area contributed by atoms with Crippen LogP contribution in [0.2, 0.25) is 0 Å². The Morgan fingerprint density at radius 3 is 1.98 bits per heavy atom. The number of ether oxygens (including phenoxy) is 2. The van der Waals surface area contributed by atoms with E-state index in [-0.39, 0.29) is 13.2 Å². The average molecular weight is 630 g/mol. The molecule has 6 aliphatic rings. The third-order valence-corrected chi connectivity index (χ3v) is 13.5. The molecule has 6 atom stereocenters. The van der Waals surface area contributed by atoms with Gasteiger partial charge in [0.05, 0.1) is 43.4 Å². The second-order valence-corrected chi connectivity index (χ2v) is 15.7. The maximum absolute atomic E-state index is 14.2. The molecule has 41 heavy (non-hydrogen) atoms.